The van der Waals surface area contributed by atoms with Crippen molar-refractivity contribution in [2.45, 2.75) is 33.1 Å². The Morgan fingerprint density at radius 3 is 2.58 bits per heavy atom. The third-order valence-electron chi connectivity index (χ3n) is 3.15. The van der Waals surface area contributed by atoms with Crippen LogP contribution < -0.4 is 5.32 Å². The molecular weight excluding hydrogens is 234 g/mol. The summed E-state index contributed by atoms with van der Waals surface area (Å²) in [5.74, 6) is 2.07. The number of nitrogens with zero attached hydrogens (tertiary/aromatic N) is 2. The second-order valence-corrected chi connectivity index (χ2v) is 4.96. The lowest BCUT2D eigenvalue weighted by atomic mass is 10.1. The van der Waals surface area contributed by atoms with Crippen LogP contribution in [0.3, 0.4) is 0 Å². The number of nitrogens with one attached hydrogen (secondary N) is 1. The number of aromatic nitrogens is 2. The minimum Gasteiger partial charge on any atom is -0.373 e. The van der Waals surface area contributed by atoms with E-state index in [4.69, 9.17) is 0 Å². The van der Waals surface area contributed by atoms with Crippen molar-refractivity contribution in [1.82, 2.24) is 9.97 Å². The predicted molar refractivity (Wildman–Crippen MR) is 80.5 cm³/mol. The molecular formula is C16H21N3. The molecule has 0 spiro atoms. The van der Waals surface area contributed by atoms with Gasteiger partial charge < -0.3 is 5.32 Å². The zero-order valence-electron chi connectivity index (χ0n) is 12.1. The second kappa shape index (κ2) is 5.83. The number of hydrogen-bond donors (Lipinski definition) is 1. The largest absolute Gasteiger partial charge is 0.373 e. The molecule has 1 aromatic heterocycles. The van der Waals surface area contributed by atoms with Crippen LogP contribution in [0.15, 0.2) is 30.3 Å². The number of hydrogen-bond acceptors (Lipinski definition) is 3. The lowest BCUT2D eigenvalue weighted by Crippen LogP contribution is -2.03. The van der Waals surface area contributed by atoms with Crippen LogP contribution in [-0.4, -0.2) is 17.0 Å². The summed E-state index contributed by atoms with van der Waals surface area (Å²) in [6, 6.07) is 10.5. The molecule has 0 atom stereocenters. The van der Waals surface area contributed by atoms with E-state index in [1.807, 2.05) is 13.1 Å². The van der Waals surface area contributed by atoms with E-state index >= 15 is 0 Å². The Labute approximate surface area is 115 Å². The van der Waals surface area contributed by atoms with Crippen molar-refractivity contribution in [1.29, 1.82) is 0 Å². The molecule has 1 N–H and O–H groups in total. The highest BCUT2D eigenvalue weighted by molar-refractivity contribution is 5.63. The van der Waals surface area contributed by atoms with Crippen LogP contribution in [0.5, 0.6) is 0 Å². The molecule has 0 fully saturated rings. The highest BCUT2D eigenvalue weighted by Gasteiger charge is 2.09. The minimum atomic E-state index is 0.321. The quantitative estimate of drug-likeness (QED) is 0.901. The first-order valence-electron chi connectivity index (χ1n) is 6.80. The van der Waals surface area contributed by atoms with Crippen molar-refractivity contribution < 1.29 is 0 Å². The molecule has 100 valence electrons. The van der Waals surface area contributed by atoms with Crippen molar-refractivity contribution >= 4 is 5.82 Å². The predicted octanol–water partition coefficient (Wildman–Crippen LogP) is 3.87. The first-order chi connectivity index (χ1) is 9.13. The number of benzene rings is 1. The third-order valence-corrected chi connectivity index (χ3v) is 3.15. The van der Waals surface area contributed by atoms with Gasteiger partial charge in [0.15, 0.2) is 0 Å². The molecule has 0 saturated carbocycles. The first-order valence-corrected chi connectivity index (χ1v) is 6.80. The summed E-state index contributed by atoms with van der Waals surface area (Å²) in [6.07, 6.45) is 1.04. The Morgan fingerprint density at radius 2 is 1.95 bits per heavy atom. The molecule has 0 amide bonds. The maximum Gasteiger partial charge on any atom is 0.133 e. The molecule has 19 heavy (non-hydrogen) atoms. The van der Waals surface area contributed by atoms with E-state index in [-0.39, 0.29) is 0 Å². The Bertz CT molecular complexity index is 562. The van der Waals surface area contributed by atoms with E-state index in [2.05, 4.69) is 60.3 Å². The molecule has 0 aliphatic heterocycles. The summed E-state index contributed by atoms with van der Waals surface area (Å²) >= 11 is 0. The van der Waals surface area contributed by atoms with Gasteiger partial charge in [0.25, 0.3) is 0 Å². The van der Waals surface area contributed by atoms with E-state index in [1.54, 1.807) is 0 Å². The van der Waals surface area contributed by atoms with Gasteiger partial charge in [-0.15, -0.1) is 0 Å². The second-order valence-electron chi connectivity index (χ2n) is 4.96. The van der Waals surface area contributed by atoms with E-state index in [9.17, 15) is 0 Å². The van der Waals surface area contributed by atoms with Gasteiger partial charge in [0.2, 0.25) is 0 Å². The molecule has 2 rings (SSSR count). The normalized spacial score (nSPS) is 10.8. The highest BCUT2D eigenvalue weighted by atomic mass is 15.0. The molecule has 3 nitrogen and oxygen atoms in total. The van der Waals surface area contributed by atoms with Crippen LogP contribution in [0.1, 0.15) is 38.1 Å². The van der Waals surface area contributed by atoms with Gasteiger partial charge in [-0.1, -0.05) is 39.0 Å². The van der Waals surface area contributed by atoms with Crippen LogP contribution in [0.2, 0.25) is 0 Å². The van der Waals surface area contributed by atoms with Crippen LogP contribution in [0, 0.1) is 0 Å². The summed E-state index contributed by atoms with van der Waals surface area (Å²) in [4.78, 5) is 9.17. The van der Waals surface area contributed by atoms with Gasteiger partial charge in [-0.25, -0.2) is 9.97 Å². The molecule has 1 aromatic carbocycles. The molecule has 1 heterocycles. The number of aryl methyl sites for hydroxylation is 1. The fourth-order valence-corrected chi connectivity index (χ4v) is 1.95. The van der Waals surface area contributed by atoms with Crippen molar-refractivity contribution in [3.63, 3.8) is 0 Å². The zero-order valence-corrected chi connectivity index (χ0v) is 12.1. The standard InChI is InChI=1S/C16H21N3/c1-5-12-7-6-8-13(9-12)14-10-15(17-4)19-16(18-14)11(2)3/h6-11H,5H2,1-4H3,(H,17,18,19). The average Bonchev–Trinajstić information content (AvgIpc) is 2.46. The van der Waals surface area contributed by atoms with Crippen LogP contribution in [-0.2, 0) is 6.42 Å². The smallest absolute Gasteiger partial charge is 0.133 e. The fraction of sp³-hybridized carbons (Fsp3) is 0.375. The summed E-state index contributed by atoms with van der Waals surface area (Å²) in [6.45, 7) is 6.39. The summed E-state index contributed by atoms with van der Waals surface area (Å²) in [5, 5.41) is 3.11. The summed E-state index contributed by atoms with van der Waals surface area (Å²) in [7, 11) is 1.89. The fourth-order valence-electron chi connectivity index (χ4n) is 1.95. The Balaban J connectivity index is 2.50. The highest BCUT2D eigenvalue weighted by Crippen LogP contribution is 2.23. The molecule has 0 unspecified atom stereocenters. The lowest BCUT2D eigenvalue weighted by molar-refractivity contribution is 0.777. The third kappa shape index (κ3) is 3.11. The van der Waals surface area contributed by atoms with Crippen LogP contribution in [0.25, 0.3) is 11.3 Å². The number of rotatable bonds is 4. The maximum absolute atomic E-state index is 4.68. The zero-order chi connectivity index (χ0) is 13.8. The summed E-state index contributed by atoms with van der Waals surface area (Å²) < 4.78 is 0. The Hall–Kier alpha value is -1.90. The van der Waals surface area contributed by atoms with E-state index in [1.165, 1.54) is 5.56 Å². The van der Waals surface area contributed by atoms with Crippen molar-refractivity contribution in [3.05, 3.63) is 41.7 Å². The van der Waals surface area contributed by atoms with Crippen molar-refractivity contribution in [2.24, 2.45) is 0 Å². The van der Waals surface area contributed by atoms with Gasteiger partial charge in [-0.05, 0) is 18.1 Å². The van der Waals surface area contributed by atoms with Gasteiger partial charge >= 0.3 is 0 Å². The van der Waals surface area contributed by atoms with Gasteiger partial charge in [0, 0.05) is 24.6 Å². The van der Waals surface area contributed by atoms with Gasteiger partial charge in [0.05, 0.1) is 5.69 Å². The monoisotopic (exact) mass is 255 g/mol. The molecule has 3 heteroatoms. The van der Waals surface area contributed by atoms with Crippen LogP contribution >= 0.6 is 0 Å². The van der Waals surface area contributed by atoms with E-state index < -0.39 is 0 Å². The molecule has 0 radical (unpaired) electrons. The average molecular weight is 255 g/mol. The lowest BCUT2D eigenvalue weighted by Gasteiger charge is -2.10. The van der Waals surface area contributed by atoms with Crippen molar-refractivity contribution in [2.75, 3.05) is 12.4 Å². The van der Waals surface area contributed by atoms with Crippen LogP contribution in [0.4, 0.5) is 5.82 Å². The minimum absolute atomic E-state index is 0.321. The number of anilines is 1. The Morgan fingerprint density at radius 1 is 1.16 bits per heavy atom. The maximum atomic E-state index is 4.68. The van der Waals surface area contributed by atoms with E-state index in [0.29, 0.717) is 5.92 Å². The molecule has 0 aliphatic carbocycles. The van der Waals surface area contributed by atoms with Crippen molar-refractivity contribution in [3.8, 4) is 11.3 Å². The first kappa shape index (κ1) is 13.5. The van der Waals surface area contributed by atoms with E-state index in [0.717, 1.165) is 29.3 Å². The van der Waals surface area contributed by atoms with Gasteiger partial charge in [-0.2, -0.15) is 0 Å². The van der Waals surface area contributed by atoms with Gasteiger partial charge in [-0.3, -0.25) is 0 Å². The molecule has 0 bridgehead atoms. The molecule has 0 saturated heterocycles. The molecule has 2 aromatic rings. The Kier molecular flexibility index (Phi) is 4.15. The topological polar surface area (TPSA) is 37.8 Å². The summed E-state index contributed by atoms with van der Waals surface area (Å²) in [5.41, 5.74) is 3.46. The van der Waals surface area contributed by atoms with Gasteiger partial charge in [0.1, 0.15) is 11.6 Å². The SMILES string of the molecule is CCc1cccc(-c2cc(NC)nc(C(C)C)n2)c1. The molecule has 0 aliphatic rings.